The van der Waals surface area contributed by atoms with Crippen LogP contribution in [0.25, 0.3) is 22.2 Å². The number of fused-ring (bicyclic) bond motifs is 1. The molecule has 12 heteroatoms. The highest BCUT2D eigenvalue weighted by Crippen LogP contribution is 2.31. The second-order valence-electron chi connectivity index (χ2n) is 11.3. The van der Waals surface area contributed by atoms with Gasteiger partial charge in [0.1, 0.15) is 29.8 Å². The molecule has 2 aromatic heterocycles. The number of nitrogens with one attached hydrogen (secondary N) is 2. The van der Waals surface area contributed by atoms with Gasteiger partial charge in [-0.15, -0.1) is 0 Å². The Morgan fingerprint density at radius 2 is 1.72 bits per heavy atom. The third-order valence-corrected chi connectivity index (χ3v) is 8.12. The number of aromatic nitrogens is 3. The van der Waals surface area contributed by atoms with Gasteiger partial charge in [0.2, 0.25) is 5.91 Å². The molecule has 9 nitrogen and oxygen atoms in total. The molecule has 6 rings (SSSR count). The van der Waals surface area contributed by atoms with E-state index < -0.39 is 29.4 Å². The quantitative estimate of drug-likeness (QED) is 0.227. The Kier molecular flexibility index (Phi) is 9.60. The molecule has 1 atom stereocenters. The van der Waals surface area contributed by atoms with Crippen molar-refractivity contribution in [1.82, 2.24) is 30.1 Å². The molecule has 1 saturated heterocycles. The number of para-hydroxylation sites is 2. The molecular weight excluding hydrogens is 609 g/mol. The lowest BCUT2D eigenvalue weighted by Crippen LogP contribution is -2.37. The molecule has 3 heterocycles. The number of halogens is 3. The van der Waals surface area contributed by atoms with Crippen molar-refractivity contribution >= 4 is 22.8 Å². The average Bonchev–Trinajstić information content (AvgIpc) is 3.40. The Morgan fingerprint density at radius 3 is 2.49 bits per heavy atom. The lowest BCUT2D eigenvalue weighted by atomic mass is 9.94. The molecule has 0 spiro atoms. The molecule has 0 radical (unpaired) electrons. The summed E-state index contributed by atoms with van der Waals surface area (Å²) in [7, 11) is 1.41. The summed E-state index contributed by atoms with van der Waals surface area (Å²) in [5, 5.41) is 5.47. The Balaban J connectivity index is 1.36. The lowest BCUT2D eigenvalue weighted by molar-refractivity contribution is -0.122. The van der Waals surface area contributed by atoms with E-state index in [1.54, 1.807) is 12.1 Å². The molecule has 0 saturated carbocycles. The van der Waals surface area contributed by atoms with E-state index in [2.05, 4.69) is 20.5 Å². The zero-order valence-electron chi connectivity index (χ0n) is 25.7. The van der Waals surface area contributed by atoms with Gasteiger partial charge in [0, 0.05) is 38.0 Å². The van der Waals surface area contributed by atoms with Crippen LogP contribution in [0, 0.1) is 17.5 Å². The summed E-state index contributed by atoms with van der Waals surface area (Å²) in [6.07, 6.45) is 1.54. The van der Waals surface area contributed by atoms with Crippen LogP contribution < -0.4 is 10.6 Å². The summed E-state index contributed by atoms with van der Waals surface area (Å²) in [5.41, 5.74) is 3.06. The third-order valence-electron chi connectivity index (χ3n) is 8.12. The molecule has 0 aliphatic carbocycles. The van der Waals surface area contributed by atoms with Crippen molar-refractivity contribution in [1.29, 1.82) is 0 Å². The minimum atomic E-state index is -0.856. The number of benzene rings is 3. The molecular formula is C35H33F3N6O3. The molecule has 3 aromatic carbocycles. The Morgan fingerprint density at radius 1 is 0.957 bits per heavy atom. The van der Waals surface area contributed by atoms with Gasteiger partial charge in [-0.1, -0.05) is 24.3 Å². The first kappa shape index (κ1) is 31.9. The fourth-order valence-corrected chi connectivity index (χ4v) is 5.89. The summed E-state index contributed by atoms with van der Waals surface area (Å²) in [6, 6.07) is 17.4. The van der Waals surface area contributed by atoms with E-state index in [4.69, 9.17) is 9.72 Å². The van der Waals surface area contributed by atoms with Crippen molar-refractivity contribution in [3.05, 3.63) is 119 Å². The molecule has 5 aromatic rings. The first-order valence-corrected chi connectivity index (χ1v) is 15.2. The van der Waals surface area contributed by atoms with Crippen LogP contribution in [0.3, 0.4) is 0 Å². The molecule has 242 valence electrons. The second-order valence-corrected chi connectivity index (χ2v) is 11.3. The summed E-state index contributed by atoms with van der Waals surface area (Å²) in [5.74, 6) is -2.46. The molecule has 0 unspecified atom stereocenters. The normalized spacial score (nSPS) is 14.2. The number of pyridine rings is 1. The third kappa shape index (κ3) is 7.34. The smallest absolute Gasteiger partial charge is 0.254 e. The molecule has 1 aliphatic heterocycles. The van der Waals surface area contributed by atoms with E-state index in [0.29, 0.717) is 42.1 Å². The highest BCUT2D eigenvalue weighted by Gasteiger charge is 2.24. The summed E-state index contributed by atoms with van der Waals surface area (Å²) < 4.78 is 50.5. The predicted molar refractivity (Wildman–Crippen MR) is 170 cm³/mol. The lowest BCUT2D eigenvalue weighted by Gasteiger charge is -2.26. The summed E-state index contributed by atoms with van der Waals surface area (Å²) >= 11 is 0. The highest BCUT2D eigenvalue weighted by molar-refractivity contribution is 5.95. The van der Waals surface area contributed by atoms with Crippen LogP contribution in [0.2, 0.25) is 0 Å². The molecule has 0 bridgehead atoms. The average molecular weight is 643 g/mol. The SMILES string of the molecule is CNC(=O)c1cc(-c2cccnc2[C@H](Cc2cc(F)cc(F)c2)NC(=O)Cn2c(CN3CCOCC3)nc3ccccc32)ccc1F. The first-order valence-electron chi connectivity index (χ1n) is 15.2. The number of imidazole rings is 1. The van der Waals surface area contributed by atoms with Gasteiger partial charge in [0.05, 0.1) is 48.1 Å². The van der Waals surface area contributed by atoms with Crippen molar-refractivity contribution in [3.8, 4) is 11.1 Å². The monoisotopic (exact) mass is 642 g/mol. The van der Waals surface area contributed by atoms with Gasteiger partial charge in [-0.25, -0.2) is 18.2 Å². The maximum atomic E-state index is 14.6. The maximum Gasteiger partial charge on any atom is 0.254 e. The number of carbonyl (C=O) groups excluding carboxylic acids is 2. The fourth-order valence-electron chi connectivity index (χ4n) is 5.89. The first-order chi connectivity index (χ1) is 22.8. The summed E-state index contributed by atoms with van der Waals surface area (Å²) in [6.45, 7) is 3.18. The Hall–Kier alpha value is -5.07. The van der Waals surface area contributed by atoms with Crippen molar-refractivity contribution in [2.24, 2.45) is 0 Å². The zero-order chi connectivity index (χ0) is 32.9. The standard InChI is InChI=1S/C35H33F3N6O3/c1-39-35(46)27-18-23(8-9-28(27)38)26-5-4-10-40-34(26)30(17-22-15-24(36)19-25(37)16-22)42-33(45)21-44-31-7-3-2-6-29(31)41-32(44)20-43-11-13-47-14-12-43/h2-10,15-16,18-19,30H,11-14,17,20-21H2,1H3,(H,39,46)(H,42,45)/t30-/m0/s1. The van der Waals surface area contributed by atoms with Gasteiger partial charge in [0.15, 0.2) is 0 Å². The van der Waals surface area contributed by atoms with Crippen LogP contribution in [0.1, 0.15) is 33.5 Å². The topological polar surface area (TPSA) is 101 Å². The summed E-state index contributed by atoms with van der Waals surface area (Å²) in [4.78, 5) is 37.9. The van der Waals surface area contributed by atoms with Gasteiger partial charge in [-0.3, -0.25) is 19.5 Å². The van der Waals surface area contributed by atoms with Crippen LogP contribution in [0.5, 0.6) is 0 Å². The number of amides is 2. The molecule has 2 amide bonds. The van der Waals surface area contributed by atoms with Crippen LogP contribution in [0.15, 0.2) is 79.0 Å². The molecule has 47 heavy (non-hydrogen) atoms. The zero-order valence-corrected chi connectivity index (χ0v) is 25.7. The van der Waals surface area contributed by atoms with Gasteiger partial charge in [0.25, 0.3) is 5.91 Å². The van der Waals surface area contributed by atoms with Gasteiger partial charge >= 0.3 is 0 Å². The van der Waals surface area contributed by atoms with Gasteiger partial charge in [-0.05, 0) is 60.0 Å². The van der Waals surface area contributed by atoms with Crippen LogP contribution >= 0.6 is 0 Å². The fraction of sp³-hybridized carbons (Fsp3) is 0.257. The maximum absolute atomic E-state index is 14.6. The predicted octanol–water partition coefficient (Wildman–Crippen LogP) is 4.81. The minimum Gasteiger partial charge on any atom is -0.379 e. The van der Waals surface area contributed by atoms with E-state index in [1.807, 2.05) is 28.8 Å². The molecule has 2 N–H and O–H groups in total. The van der Waals surface area contributed by atoms with Gasteiger partial charge < -0.3 is 19.9 Å². The number of rotatable bonds is 10. The largest absolute Gasteiger partial charge is 0.379 e. The van der Waals surface area contributed by atoms with Gasteiger partial charge in [-0.2, -0.15) is 0 Å². The number of nitrogens with zero attached hydrogens (tertiary/aromatic N) is 4. The molecule has 1 fully saturated rings. The van der Waals surface area contributed by atoms with Crippen molar-refractivity contribution < 1.29 is 27.5 Å². The van der Waals surface area contributed by atoms with Crippen molar-refractivity contribution in [2.45, 2.75) is 25.6 Å². The Bertz CT molecular complexity index is 1900. The minimum absolute atomic E-state index is 0.000752. The van der Waals surface area contributed by atoms with E-state index in [-0.39, 0.29) is 24.4 Å². The molecule has 1 aliphatic rings. The second kappa shape index (κ2) is 14.1. The van der Waals surface area contributed by atoms with E-state index in [0.717, 1.165) is 36.0 Å². The number of ether oxygens (including phenoxy) is 1. The van der Waals surface area contributed by atoms with E-state index in [9.17, 15) is 22.8 Å². The van der Waals surface area contributed by atoms with Crippen molar-refractivity contribution in [3.63, 3.8) is 0 Å². The number of carbonyl (C=O) groups is 2. The van der Waals surface area contributed by atoms with Crippen LogP contribution in [-0.4, -0.2) is 64.6 Å². The Labute approximate surface area is 269 Å². The number of morpholine rings is 1. The van der Waals surface area contributed by atoms with Crippen LogP contribution in [-0.2, 0) is 29.0 Å². The van der Waals surface area contributed by atoms with E-state index in [1.165, 1.54) is 43.6 Å². The van der Waals surface area contributed by atoms with Crippen LogP contribution in [0.4, 0.5) is 13.2 Å². The van der Waals surface area contributed by atoms with Crippen molar-refractivity contribution in [2.75, 3.05) is 33.4 Å². The highest BCUT2D eigenvalue weighted by atomic mass is 19.1. The number of hydrogen-bond donors (Lipinski definition) is 2. The van der Waals surface area contributed by atoms with E-state index >= 15 is 0 Å². The number of hydrogen-bond acceptors (Lipinski definition) is 6.